The second kappa shape index (κ2) is 9.60. The van der Waals surface area contributed by atoms with E-state index in [-0.39, 0.29) is 17.1 Å². The highest BCUT2D eigenvalue weighted by Crippen LogP contribution is 2.32. The minimum absolute atomic E-state index is 0.136. The number of ketones is 1. The lowest BCUT2D eigenvalue weighted by Gasteiger charge is -2.20. The Morgan fingerprint density at radius 1 is 1.24 bits per heavy atom. The average molecular weight is 448 g/mol. The quantitative estimate of drug-likeness (QED) is 0.398. The maximum absolute atomic E-state index is 12.9. The number of Topliss-reactive ketones (excluding diaryl/α,β-unsaturated/α-hetero) is 1. The minimum atomic E-state index is -0.901. The third-order valence-electron chi connectivity index (χ3n) is 5.34. The summed E-state index contributed by atoms with van der Waals surface area (Å²) in [6.45, 7) is 3.44. The number of fused-ring (bicyclic) bond motifs is 1. The Morgan fingerprint density at radius 2 is 2.09 bits per heavy atom. The van der Waals surface area contributed by atoms with E-state index in [1.807, 2.05) is 6.92 Å². The number of carbonyl (C=O) groups excluding carboxylic acids is 1. The van der Waals surface area contributed by atoms with Crippen LogP contribution in [0.3, 0.4) is 0 Å². The van der Waals surface area contributed by atoms with Crippen molar-refractivity contribution in [1.82, 2.24) is 30.0 Å². The molecule has 3 heterocycles. The number of ether oxygens (including phenoxy) is 1. The van der Waals surface area contributed by atoms with Gasteiger partial charge in [0.15, 0.2) is 17.7 Å². The van der Waals surface area contributed by atoms with Crippen LogP contribution in [0.1, 0.15) is 48.9 Å². The number of nitrogens with zero attached hydrogens (tertiary/aromatic N) is 5. The van der Waals surface area contributed by atoms with Gasteiger partial charge in [-0.1, -0.05) is 24.6 Å². The number of pyridine rings is 1. The van der Waals surface area contributed by atoms with Crippen LogP contribution in [-0.2, 0) is 24.1 Å². The molecule has 3 aromatic heterocycles. The molecule has 0 aliphatic heterocycles. The average Bonchev–Trinajstić information content (AvgIpc) is 3.32. The van der Waals surface area contributed by atoms with E-state index in [1.165, 1.54) is 17.5 Å². The van der Waals surface area contributed by atoms with Crippen LogP contribution in [0, 0.1) is 0 Å². The van der Waals surface area contributed by atoms with Gasteiger partial charge in [0.1, 0.15) is 17.1 Å². The molecule has 0 spiro atoms. The predicted molar refractivity (Wildman–Crippen MR) is 119 cm³/mol. The highest BCUT2D eigenvalue weighted by Gasteiger charge is 2.22. The van der Waals surface area contributed by atoms with E-state index in [4.69, 9.17) is 4.74 Å². The van der Waals surface area contributed by atoms with E-state index in [9.17, 15) is 14.7 Å². The third kappa shape index (κ3) is 4.74. The van der Waals surface area contributed by atoms with Crippen molar-refractivity contribution in [2.24, 2.45) is 0 Å². The van der Waals surface area contributed by atoms with Gasteiger partial charge in [-0.05, 0) is 44.0 Å². The number of aryl methyl sites for hydroxylation is 2. The molecule has 0 saturated heterocycles. The molecule has 0 aliphatic carbocycles. The van der Waals surface area contributed by atoms with Gasteiger partial charge in [-0.3, -0.25) is 14.0 Å². The second-order valence-corrected chi connectivity index (χ2v) is 7.72. The highest BCUT2D eigenvalue weighted by atomic mass is 16.5. The van der Waals surface area contributed by atoms with Crippen LogP contribution in [0.25, 0.3) is 5.65 Å². The Morgan fingerprint density at radius 3 is 2.82 bits per heavy atom. The molecule has 0 saturated carbocycles. The molecule has 0 aliphatic rings. The summed E-state index contributed by atoms with van der Waals surface area (Å²) in [7, 11) is 0. The number of H-pyrrole nitrogens is 1. The Bertz CT molecular complexity index is 1330. The topological polar surface area (TPSA) is 135 Å². The molecule has 2 N–H and O–H groups in total. The lowest BCUT2D eigenvalue weighted by Crippen LogP contribution is -2.22. The molecule has 0 fully saturated rings. The molecule has 4 aromatic rings. The van der Waals surface area contributed by atoms with Crippen LogP contribution in [0.5, 0.6) is 11.5 Å². The number of nitrogens with one attached hydrogen (secondary N) is 1. The van der Waals surface area contributed by atoms with Gasteiger partial charge in [0, 0.05) is 35.5 Å². The zero-order chi connectivity index (χ0) is 23.4. The van der Waals surface area contributed by atoms with Crippen molar-refractivity contribution >= 4 is 11.4 Å². The number of carbonyl (C=O) groups is 1. The summed E-state index contributed by atoms with van der Waals surface area (Å²) in [6, 6.07) is 8.36. The summed E-state index contributed by atoms with van der Waals surface area (Å²) < 4.78 is 7.50. The monoisotopic (exact) mass is 448 g/mol. The zero-order valence-corrected chi connectivity index (χ0v) is 18.4. The van der Waals surface area contributed by atoms with E-state index in [1.54, 1.807) is 36.5 Å². The van der Waals surface area contributed by atoms with Crippen molar-refractivity contribution in [3.8, 4) is 11.5 Å². The summed E-state index contributed by atoms with van der Waals surface area (Å²) in [5.41, 5.74) is 1.95. The van der Waals surface area contributed by atoms with Gasteiger partial charge in [0.25, 0.3) is 5.56 Å². The van der Waals surface area contributed by atoms with Crippen molar-refractivity contribution < 1.29 is 14.6 Å². The number of benzene rings is 1. The van der Waals surface area contributed by atoms with Gasteiger partial charge in [0.2, 0.25) is 0 Å². The fraction of sp³-hybridized carbons (Fsp3) is 0.304. The number of aromatic nitrogens is 6. The highest BCUT2D eigenvalue weighted by molar-refractivity contribution is 5.82. The van der Waals surface area contributed by atoms with E-state index in [0.29, 0.717) is 53.2 Å². The summed E-state index contributed by atoms with van der Waals surface area (Å²) in [6.07, 6.45) is 4.54. The van der Waals surface area contributed by atoms with Crippen LogP contribution in [0.15, 0.2) is 47.5 Å². The van der Waals surface area contributed by atoms with Crippen LogP contribution in [-0.4, -0.2) is 40.9 Å². The van der Waals surface area contributed by atoms with E-state index >= 15 is 0 Å². The normalized spacial score (nSPS) is 12.1. The molecule has 1 unspecified atom stereocenters. The standard InChI is InChI=1S/C23H24N6O4/c1-3-5-17-18(31)6-4-7-19(17)33-22(14(2)30)15-10-11-29-21(12-15)24-13-16(23(29)32)8-9-20-25-27-28-26-20/h4,6-7,10-13,22,31H,3,5,8-9H2,1-2H3,(H,25,26,27,28). The van der Waals surface area contributed by atoms with Gasteiger partial charge in [-0.25, -0.2) is 4.98 Å². The van der Waals surface area contributed by atoms with E-state index < -0.39 is 6.10 Å². The van der Waals surface area contributed by atoms with Gasteiger partial charge in [0.05, 0.1) is 0 Å². The number of aromatic amines is 1. The van der Waals surface area contributed by atoms with Crippen LogP contribution < -0.4 is 10.3 Å². The van der Waals surface area contributed by atoms with Crippen molar-refractivity contribution in [3.63, 3.8) is 0 Å². The maximum atomic E-state index is 12.9. The molecule has 0 radical (unpaired) electrons. The van der Waals surface area contributed by atoms with Crippen LogP contribution in [0.2, 0.25) is 0 Å². The molecule has 0 bridgehead atoms. The molecular formula is C23H24N6O4. The first-order chi connectivity index (χ1) is 16.0. The predicted octanol–water partition coefficient (Wildman–Crippen LogP) is 2.36. The number of aromatic hydroxyl groups is 1. The molecular weight excluding hydrogens is 424 g/mol. The third-order valence-corrected chi connectivity index (χ3v) is 5.34. The Kier molecular flexibility index (Phi) is 6.43. The fourth-order valence-electron chi connectivity index (χ4n) is 3.68. The Hall–Kier alpha value is -4.08. The summed E-state index contributed by atoms with van der Waals surface area (Å²) in [4.78, 5) is 29.7. The number of hydrogen-bond donors (Lipinski definition) is 2. The second-order valence-electron chi connectivity index (χ2n) is 7.72. The molecule has 33 heavy (non-hydrogen) atoms. The lowest BCUT2D eigenvalue weighted by molar-refractivity contribution is -0.123. The first kappa shape index (κ1) is 22.1. The van der Waals surface area contributed by atoms with Crippen molar-refractivity contribution in [1.29, 1.82) is 0 Å². The number of tetrazole rings is 1. The van der Waals surface area contributed by atoms with Gasteiger partial charge < -0.3 is 9.84 Å². The first-order valence-corrected chi connectivity index (χ1v) is 10.7. The van der Waals surface area contributed by atoms with Gasteiger partial charge in [-0.2, -0.15) is 5.21 Å². The molecule has 170 valence electrons. The summed E-state index contributed by atoms with van der Waals surface area (Å²) in [5, 5.41) is 23.9. The van der Waals surface area contributed by atoms with Gasteiger partial charge >= 0.3 is 0 Å². The number of rotatable bonds is 9. The largest absolute Gasteiger partial charge is 0.508 e. The van der Waals surface area contributed by atoms with Crippen molar-refractivity contribution in [2.45, 2.75) is 45.6 Å². The molecule has 10 nitrogen and oxygen atoms in total. The molecule has 0 amide bonds. The number of hydrogen-bond acceptors (Lipinski definition) is 8. The van der Waals surface area contributed by atoms with Crippen molar-refractivity contribution in [3.05, 3.63) is 75.6 Å². The van der Waals surface area contributed by atoms with E-state index in [0.717, 1.165) is 6.42 Å². The van der Waals surface area contributed by atoms with Crippen molar-refractivity contribution in [2.75, 3.05) is 0 Å². The first-order valence-electron chi connectivity index (χ1n) is 10.7. The fourth-order valence-corrected chi connectivity index (χ4v) is 3.68. The van der Waals surface area contributed by atoms with Crippen LogP contribution >= 0.6 is 0 Å². The lowest BCUT2D eigenvalue weighted by atomic mass is 10.1. The number of phenolic OH excluding ortho intramolecular Hbond substituents is 1. The number of phenols is 1. The summed E-state index contributed by atoms with van der Waals surface area (Å²) in [5.74, 6) is 0.908. The Balaban J connectivity index is 1.63. The molecule has 4 rings (SSSR count). The SMILES string of the molecule is CCCc1c(O)cccc1OC(C(C)=O)c1ccn2c(=O)c(CCc3nn[nH]n3)cnc2c1. The van der Waals surface area contributed by atoms with E-state index in [2.05, 4.69) is 25.6 Å². The minimum Gasteiger partial charge on any atom is -0.508 e. The smallest absolute Gasteiger partial charge is 0.261 e. The van der Waals surface area contributed by atoms with Crippen LogP contribution in [0.4, 0.5) is 0 Å². The zero-order valence-electron chi connectivity index (χ0n) is 18.4. The maximum Gasteiger partial charge on any atom is 0.261 e. The Labute approximate surface area is 189 Å². The molecule has 1 aromatic carbocycles. The molecule has 10 heteroatoms. The summed E-state index contributed by atoms with van der Waals surface area (Å²) >= 11 is 0. The van der Waals surface area contributed by atoms with Gasteiger partial charge in [-0.15, -0.1) is 10.2 Å². The molecule has 1 atom stereocenters.